The fraction of sp³-hybridized carbons (Fsp3) is 0.649. The number of hydrogen-bond donors (Lipinski definition) is 2. The molecule has 232 valence electrons. The molecule has 0 unspecified atom stereocenters. The molecule has 2 rings (SSSR count). The number of unbranched alkanes of at least 4 members (excludes halogenated alkanes) is 18. The Morgan fingerprint density at radius 1 is 0.585 bits per heavy atom. The number of phenolic OH excluding ortho intramolecular Hbond substituents is 1. The molecule has 0 amide bonds. The van der Waals surface area contributed by atoms with E-state index >= 15 is 0 Å². The first-order chi connectivity index (χ1) is 20.1. The number of ether oxygens (including phenoxy) is 1. The maximum atomic E-state index is 11.0. The summed E-state index contributed by atoms with van der Waals surface area (Å²) < 4.78 is 5.59. The number of carbonyl (C=O) groups is 1. The van der Waals surface area contributed by atoms with Gasteiger partial charge in [0.1, 0.15) is 17.1 Å². The Hall–Kier alpha value is -2.49. The predicted molar refractivity (Wildman–Crippen MR) is 174 cm³/mol. The fourth-order valence-electron chi connectivity index (χ4n) is 5.07. The number of carboxylic acids is 1. The number of aryl methyl sites for hydroxylation is 1. The van der Waals surface area contributed by atoms with Crippen molar-refractivity contribution in [2.24, 2.45) is 0 Å². The van der Waals surface area contributed by atoms with Crippen molar-refractivity contribution in [2.75, 3.05) is 6.61 Å². The molecule has 0 aliphatic heterocycles. The summed E-state index contributed by atoms with van der Waals surface area (Å²) in [6, 6.07) is 14.5. The average molecular weight is 569 g/mol. The van der Waals surface area contributed by atoms with E-state index in [-0.39, 0.29) is 5.56 Å². The Bertz CT molecular complexity index is 879. The molecule has 0 saturated carbocycles. The molecule has 0 saturated heterocycles. The summed E-state index contributed by atoms with van der Waals surface area (Å²) in [6.07, 6.45) is 27.5. The second-order valence-corrected chi connectivity index (χ2v) is 11.4. The summed E-state index contributed by atoms with van der Waals surface area (Å²) in [5.41, 5.74) is 1.34. The largest absolute Gasteiger partial charge is 0.508 e. The van der Waals surface area contributed by atoms with Gasteiger partial charge < -0.3 is 14.9 Å². The summed E-state index contributed by atoms with van der Waals surface area (Å²) in [7, 11) is 0. The summed E-state index contributed by atoms with van der Waals surface area (Å²) >= 11 is 0. The van der Waals surface area contributed by atoms with Gasteiger partial charge in [0.15, 0.2) is 0 Å². The third-order valence-electron chi connectivity index (χ3n) is 7.66. The number of benzene rings is 2. The van der Waals surface area contributed by atoms with Crippen LogP contribution in [-0.2, 0) is 6.42 Å². The van der Waals surface area contributed by atoms with E-state index in [0.717, 1.165) is 24.8 Å². The van der Waals surface area contributed by atoms with Crippen molar-refractivity contribution in [3.05, 3.63) is 59.7 Å². The minimum absolute atomic E-state index is 0.245. The zero-order chi connectivity index (χ0) is 29.8. The Kier molecular flexibility index (Phi) is 23.5. The smallest absolute Gasteiger partial charge is 0.339 e. The first-order valence-electron chi connectivity index (χ1n) is 16.8. The Labute approximate surface area is 251 Å². The third kappa shape index (κ3) is 20.1. The van der Waals surface area contributed by atoms with Gasteiger partial charge in [0.2, 0.25) is 0 Å². The molecule has 0 spiro atoms. The van der Waals surface area contributed by atoms with E-state index in [4.69, 9.17) is 9.84 Å². The van der Waals surface area contributed by atoms with Crippen molar-refractivity contribution in [3.8, 4) is 11.5 Å². The van der Waals surface area contributed by atoms with Crippen LogP contribution in [0.15, 0.2) is 48.5 Å². The molecule has 2 N–H and O–H groups in total. The van der Waals surface area contributed by atoms with Crippen LogP contribution >= 0.6 is 0 Å². The van der Waals surface area contributed by atoms with Gasteiger partial charge in [-0.15, -0.1) is 0 Å². The first-order valence-corrected chi connectivity index (χ1v) is 16.8. The van der Waals surface area contributed by atoms with Crippen molar-refractivity contribution in [3.63, 3.8) is 0 Å². The lowest BCUT2D eigenvalue weighted by molar-refractivity contribution is 0.0692. The van der Waals surface area contributed by atoms with Gasteiger partial charge in [-0.1, -0.05) is 160 Å². The van der Waals surface area contributed by atoms with Crippen molar-refractivity contribution in [1.29, 1.82) is 0 Å². The van der Waals surface area contributed by atoms with Gasteiger partial charge in [-0.25, -0.2) is 4.79 Å². The molecular formula is C37H60O4. The second kappa shape index (κ2) is 26.4. The molecule has 41 heavy (non-hydrogen) atoms. The summed E-state index contributed by atoms with van der Waals surface area (Å²) in [5.74, 6) is 0.00280. The number of aromatic hydroxyl groups is 1. The molecule has 2 aromatic rings. The topological polar surface area (TPSA) is 66.8 Å². The lowest BCUT2D eigenvalue weighted by Gasteiger charge is -2.08. The van der Waals surface area contributed by atoms with Gasteiger partial charge in [-0.05, 0) is 43.0 Å². The van der Waals surface area contributed by atoms with E-state index < -0.39 is 5.97 Å². The number of hydrogen-bond acceptors (Lipinski definition) is 3. The number of phenols is 1. The van der Waals surface area contributed by atoms with E-state index in [9.17, 15) is 9.90 Å². The van der Waals surface area contributed by atoms with Crippen LogP contribution in [0.1, 0.15) is 158 Å². The van der Waals surface area contributed by atoms with E-state index in [0.29, 0.717) is 18.1 Å². The highest BCUT2D eigenvalue weighted by molar-refractivity contribution is 5.90. The minimum atomic E-state index is -0.932. The van der Waals surface area contributed by atoms with E-state index in [1.807, 2.05) is 18.2 Å². The minimum Gasteiger partial charge on any atom is -0.508 e. The van der Waals surface area contributed by atoms with Crippen LogP contribution in [-0.4, -0.2) is 22.8 Å². The highest BCUT2D eigenvalue weighted by Crippen LogP contribution is 2.20. The molecule has 0 heterocycles. The molecule has 4 nitrogen and oxygen atoms in total. The quantitative estimate of drug-likeness (QED) is 0.124. The summed E-state index contributed by atoms with van der Waals surface area (Å²) in [5, 5.41) is 18.7. The Morgan fingerprint density at radius 3 is 1.54 bits per heavy atom. The predicted octanol–water partition coefficient (Wildman–Crippen LogP) is 11.5. The molecule has 0 bridgehead atoms. The molecule has 0 radical (unpaired) electrons. The van der Waals surface area contributed by atoms with Crippen LogP contribution in [0.25, 0.3) is 0 Å². The third-order valence-corrected chi connectivity index (χ3v) is 7.66. The number of carboxylic acid groups (broad SMARTS) is 1. The van der Waals surface area contributed by atoms with E-state index in [2.05, 4.69) is 13.8 Å². The van der Waals surface area contributed by atoms with Crippen molar-refractivity contribution >= 4 is 5.97 Å². The standard InChI is InChI=1S/C19H30O3.C18H30O/c1-2-3-4-5-6-7-8-9-10-13-16-22-18-15-12-11-14-17(18)19(20)21;1-2-3-4-5-6-7-8-9-10-11-14-17-15-12-13-16-18(17)19/h11-12,14-15H,2-10,13,16H2,1H3,(H,20,21);12-13,15-16,19H,2-11,14H2,1H3. The zero-order valence-corrected chi connectivity index (χ0v) is 26.4. The monoisotopic (exact) mass is 568 g/mol. The molecule has 0 aromatic heterocycles. The van der Waals surface area contributed by atoms with Crippen LogP contribution in [0.5, 0.6) is 11.5 Å². The Morgan fingerprint density at radius 2 is 1.02 bits per heavy atom. The fourth-order valence-corrected chi connectivity index (χ4v) is 5.07. The van der Waals surface area contributed by atoms with E-state index in [1.165, 1.54) is 116 Å². The van der Waals surface area contributed by atoms with Gasteiger partial charge in [0, 0.05) is 0 Å². The highest BCUT2D eigenvalue weighted by atomic mass is 16.5. The maximum Gasteiger partial charge on any atom is 0.339 e. The first kappa shape index (κ1) is 36.5. The molecule has 0 aliphatic rings. The van der Waals surface area contributed by atoms with Crippen LogP contribution in [0.2, 0.25) is 0 Å². The molecule has 0 atom stereocenters. The lowest BCUT2D eigenvalue weighted by atomic mass is 10.0. The number of para-hydroxylation sites is 2. The molecular weight excluding hydrogens is 508 g/mol. The number of rotatable bonds is 24. The van der Waals surface area contributed by atoms with Gasteiger partial charge in [-0.2, -0.15) is 0 Å². The second-order valence-electron chi connectivity index (χ2n) is 11.4. The average Bonchev–Trinajstić information content (AvgIpc) is 2.98. The summed E-state index contributed by atoms with van der Waals surface area (Å²) in [6.45, 7) is 5.11. The normalized spacial score (nSPS) is 10.7. The maximum absolute atomic E-state index is 11.0. The van der Waals surface area contributed by atoms with Gasteiger partial charge in [0.05, 0.1) is 6.61 Å². The van der Waals surface area contributed by atoms with Crippen molar-refractivity contribution in [1.82, 2.24) is 0 Å². The van der Waals surface area contributed by atoms with Gasteiger partial charge >= 0.3 is 5.97 Å². The van der Waals surface area contributed by atoms with Crippen LogP contribution < -0.4 is 4.74 Å². The van der Waals surface area contributed by atoms with Crippen molar-refractivity contribution < 1.29 is 19.7 Å². The van der Waals surface area contributed by atoms with Gasteiger partial charge in [-0.3, -0.25) is 0 Å². The molecule has 4 heteroatoms. The Balaban J connectivity index is 0.000000414. The lowest BCUT2D eigenvalue weighted by Crippen LogP contribution is -2.04. The summed E-state index contributed by atoms with van der Waals surface area (Å²) in [4.78, 5) is 11.0. The van der Waals surface area contributed by atoms with Crippen molar-refractivity contribution in [2.45, 2.75) is 149 Å². The molecule has 0 fully saturated rings. The highest BCUT2D eigenvalue weighted by Gasteiger charge is 2.09. The van der Waals surface area contributed by atoms with Gasteiger partial charge in [0.25, 0.3) is 0 Å². The molecule has 2 aromatic carbocycles. The van der Waals surface area contributed by atoms with Crippen LogP contribution in [0, 0.1) is 0 Å². The zero-order valence-electron chi connectivity index (χ0n) is 26.4. The number of aromatic carboxylic acids is 1. The van der Waals surface area contributed by atoms with E-state index in [1.54, 1.807) is 30.3 Å². The van der Waals surface area contributed by atoms with Crippen LogP contribution in [0.4, 0.5) is 0 Å². The SMILES string of the molecule is CCCCCCCCCCCCOc1ccccc1C(=O)O.CCCCCCCCCCCCc1ccccc1O. The molecule has 0 aliphatic carbocycles. The van der Waals surface area contributed by atoms with Crippen LogP contribution in [0.3, 0.4) is 0 Å².